The lowest BCUT2D eigenvalue weighted by Gasteiger charge is -2.08. The Hall–Kier alpha value is -3.10. The van der Waals surface area contributed by atoms with E-state index in [1.165, 1.54) is 11.5 Å². The lowest BCUT2D eigenvalue weighted by Crippen LogP contribution is -2.07. The number of ether oxygens (including phenoxy) is 2. The first-order chi connectivity index (χ1) is 13.5. The minimum absolute atomic E-state index is 0.129. The Labute approximate surface area is 170 Å². The molecular weight excluding hydrogens is 398 g/mol. The van der Waals surface area contributed by atoms with E-state index in [2.05, 4.69) is 0 Å². The molecule has 2 N–H and O–H groups in total. The van der Waals surface area contributed by atoms with Crippen molar-refractivity contribution in [1.82, 2.24) is 4.57 Å². The number of benzene rings is 2. The standard InChI is InChI=1S/C20H17NO5S2/c1-25-15-6-4-14(5-7-15)11-26-16-8-2-13(3-9-16)10-17(19(23)24)21-18(22)12-28-20(21)27/h2-10,12,22H,11H2,1H3,(H,23,24). The lowest BCUT2D eigenvalue weighted by molar-refractivity contribution is -0.130. The Morgan fingerprint density at radius 1 is 1.14 bits per heavy atom. The molecule has 3 aromatic rings. The number of hydrogen-bond acceptors (Lipinski definition) is 6. The van der Waals surface area contributed by atoms with Gasteiger partial charge in [-0.1, -0.05) is 24.3 Å². The Morgan fingerprint density at radius 2 is 1.79 bits per heavy atom. The highest BCUT2D eigenvalue weighted by molar-refractivity contribution is 7.73. The summed E-state index contributed by atoms with van der Waals surface area (Å²) < 4.78 is 12.2. The van der Waals surface area contributed by atoms with E-state index in [1.807, 2.05) is 24.3 Å². The predicted molar refractivity (Wildman–Crippen MR) is 110 cm³/mol. The summed E-state index contributed by atoms with van der Waals surface area (Å²) in [5, 5.41) is 20.7. The molecule has 28 heavy (non-hydrogen) atoms. The van der Waals surface area contributed by atoms with Gasteiger partial charge in [-0.3, -0.25) is 4.57 Å². The smallest absolute Gasteiger partial charge is 0.353 e. The number of hydrogen-bond donors (Lipinski definition) is 2. The summed E-state index contributed by atoms with van der Waals surface area (Å²) in [5.41, 5.74) is 1.51. The van der Waals surface area contributed by atoms with E-state index in [4.69, 9.17) is 21.7 Å². The molecule has 8 heteroatoms. The van der Waals surface area contributed by atoms with Gasteiger partial charge in [-0.05, 0) is 53.7 Å². The summed E-state index contributed by atoms with van der Waals surface area (Å²) in [6.07, 6.45) is 1.44. The van der Waals surface area contributed by atoms with Crippen molar-refractivity contribution in [3.8, 4) is 17.4 Å². The normalized spacial score (nSPS) is 11.2. The number of aromatic nitrogens is 1. The highest BCUT2D eigenvalue weighted by Gasteiger charge is 2.15. The Balaban J connectivity index is 1.74. The number of carbonyl (C=O) groups is 1. The van der Waals surface area contributed by atoms with Crippen LogP contribution < -0.4 is 9.47 Å². The number of aromatic hydroxyl groups is 1. The highest BCUT2D eigenvalue weighted by Crippen LogP contribution is 2.25. The van der Waals surface area contributed by atoms with Gasteiger partial charge in [-0.15, -0.1) is 11.3 Å². The largest absolute Gasteiger partial charge is 0.497 e. The van der Waals surface area contributed by atoms with Gasteiger partial charge in [-0.25, -0.2) is 4.79 Å². The molecule has 0 saturated heterocycles. The van der Waals surface area contributed by atoms with Gasteiger partial charge < -0.3 is 19.7 Å². The summed E-state index contributed by atoms with van der Waals surface area (Å²) in [7, 11) is 1.62. The van der Waals surface area contributed by atoms with Crippen molar-refractivity contribution in [2.75, 3.05) is 7.11 Å². The van der Waals surface area contributed by atoms with E-state index in [0.717, 1.165) is 27.2 Å². The van der Waals surface area contributed by atoms with Gasteiger partial charge in [-0.2, -0.15) is 0 Å². The first kappa shape index (κ1) is 19.7. The molecule has 1 aromatic heterocycles. The quantitative estimate of drug-likeness (QED) is 0.432. The second kappa shape index (κ2) is 8.73. The van der Waals surface area contributed by atoms with Crippen LogP contribution in [0.2, 0.25) is 0 Å². The average molecular weight is 415 g/mol. The molecule has 0 aliphatic rings. The topological polar surface area (TPSA) is 80.9 Å². The van der Waals surface area contributed by atoms with Crippen LogP contribution in [0, 0.1) is 3.95 Å². The van der Waals surface area contributed by atoms with Gasteiger partial charge >= 0.3 is 5.97 Å². The van der Waals surface area contributed by atoms with Crippen molar-refractivity contribution in [3.05, 3.63) is 69.0 Å². The fourth-order valence-electron chi connectivity index (χ4n) is 2.45. The number of methoxy groups -OCH3 is 1. The number of carboxylic acids is 1. The minimum Gasteiger partial charge on any atom is -0.497 e. The molecule has 2 aromatic carbocycles. The third-order valence-corrected chi connectivity index (χ3v) is 5.07. The van der Waals surface area contributed by atoms with E-state index in [0.29, 0.717) is 17.9 Å². The summed E-state index contributed by atoms with van der Waals surface area (Å²) in [6.45, 7) is 0.400. The van der Waals surface area contributed by atoms with Crippen LogP contribution in [0.25, 0.3) is 11.8 Å². The zero-order valence-electron chi connectivity index (χ0n) is 14.9. The van der Waals surface area contributed by atoms with Crippen LogP contribution >= 0.6 is 23.6 Å². The molecule has 0 radical (unpaired) electrons. The molecule has 1 heterocycles. The summed E-state index contributed by atoms with van der Waals surface area (Å²) in [4.78, 5) is 11.6. The summed E-state index contributed by atoms with van der Waals surface area (Å²) in [6, 6.07) is 14.6. The number of aliphatic carboxylic acids is 1. The molecule has 0 aliphatic heterocycles. The van der Waals surface area contributed by atoms with Gasteiger partial charge in [0.05, 0.1) is 12.5 Å². The van der Waals surface area contributed by atoms with E-state index in [9.17, 15) is 15.0 Å². The number of carboxylic acid groups (broad SMARTS) is 1. The number of nitrogens with zero attached hydrogens (tertiary/aromatic N) is 1. The number of thiazole rings is 1. The molecule has 0 bridgehead atoms. The van der Waals surface area contributed by atoms with Crippen molar-refractivity contribution in [2.24, 2.45) is 0 Å². The van der Waals surface area contributed by atoms with Gasteiger partial charge in [0.15, 0.2) is 3.95 Å². The molecule has 0 saturated carbocycles. The molecule has 144 valence electrons. The highest BCUT2D eigenvalue weighted by atomic mass is 32.1. The minimum atomic E-state index is -1.19. The molecular formula is C20H17NO5S2. The van der Waals surface area contributed by atoms with Crippen molar-refractivity contribution < 1.29 is 24.5 Å². The molecule has 0 aliphatic carbocycles. The van der Waals surface area contributed by atoms with Crippen molar-refractivity contribution in [2.45, 2.75) is 6.61 Å². The monoisotopic (exact) mass is 415 g/mol. The molecule has 0 unspecified atom stereocenters. The molecule has 0 atom stereocenters. The Bertz CT molecular complexity index is 1050. The van der Waals surface area contributed by atoms with Gasteiger partial charge in [0.1, 0.15) is 23.8 Å². The summed E-state index contributed by atoms with van der Waals surface area (Å²) >= 11 is 6.18. The first-order valence-corrected chi connectivity index (χ1v) is 9.47. The maximum absolute atomic E-state index is 11.6. The number of rotatable bonds is 7. The molecule has 6 nitrogen and oxygen atoms in total. The average Bonchev–Trinajstić information content (AvgIpc) is 3.03. The zero-order chi connectivity index (χ0) is 20.1. The Morgan fingerprint density at radius 3 is 2.32 bits per heavy atom. The predicted octanol–water partition coefficient (Wildman–Crippen LogP) is 4.65. The first-order valence-electron chi connectivity index (χ1n) is 8.18. The van der Waals surface area contributed by atoms with E-state index >= 15 is 0 Å². The second-order valence-corrected chi connectivity index (χ2v) is 7.24. The zero-order valence-corrected chi connectivity index (χ0v) is 16.5. The van der Waals surface area contributed by atoms with Crippen LogP contribution in [0.15, 0.2) is 53.9 Å². The lowest BCUT2D eigenvalue weighted by atomic mass is 10.2. The van der Waals surface area contributed by atoms with Crippen LogP contribution in [0.3, 0.4) is 0 Å². The van der Waals surface area contributed by atoms with Crippen LogP contribution in [0.5, 0.6) is 17.4 Å². The van der Waals surface area contributed by atoms with Crippen molar-refractivity contribution >= 4 is 41.3 Å². The van der Waals surface area contributed by atoms with E-state index < -0.39 is 5.97 Å². The molecule has 0 spiro atoms. The van der Waals surface area contributed by atoms with E-state index in [-0.39, 0.29) is 15.5 Å². The van der Waals surface area contributed by atoms with E-state index in [1.54, 1.807) is 31.4 Å². The second-order valence-electron chi connectivity index (χ2n) is 5.74. The van der Waals surface area contributed by atoms with Gasteiger partial charge in [0, 0.05) is 0 Å². The van der Waals surface area contributed by atoms with Crippen LogP contribution in [0.4, 0.5) is 0 Å². The molecule has 0 amide bonds. The maximum Gasteiger partial charge on any atom is 0.353 e. The van der Waals surface area contributed by atoms with Crippen LogP contribution in [0.1, 0.15) is 11.1 Å². The van der Waals surface area contributed by atoms with Crippen LogP contribution in [-0.4, -0.2) is 27.9 Å². The molecule has 3 rings (SSSR count). The summed E-state index contributed by atoms with van der Waals surface area (Å²) in [5.74, 6) is 0.0402. The SMILES string of the molecule is COc1ccc(COc2ccc(C=C(C(=O)O)n3c(O)csc3=S)cc2)cc1. The van der Waals surface area contributed by atoms with Gasteiger partial charge in [0.2, 0.25) is 5.88 Å². The third-order valence-electron chi connectivity index (χ3n) is 3.88. The van der Waals surface area contributed by atoms with Crippen LogP contribution in [-0.2, 0) is 11.4 Å². The fourth-order valence-corrected chi connectivity index (χ4v) is 3.40. The molecule has 0 fully saturated rings. The fraction of sp³-hybridized carbons (Fsp3) is 0.100. The maximum atomic E-state index is 11.6. The van der Waals surface area contributed by atoms with Crippen molar-refractivity contribution in [3.63, 3.8) is 0 Å². The third kappa shape index (κ3) is 4.59. The Kier molecular flexibility index (Phi) is 6.13. The van der Waals surface area contributed by atoms with Gasteiger partial charge in [0.25, 0.3) is 0 Å². The van der Waals surface area contributed by atoms with Crippen molar-refractivity contribution in [1.29, 1.82) is 0 Å².